The molecular formula is C17H29NO2. The van der Waals surface area contributed by atoms with Gasteiger partial charge in [-0.05, 0) is 37.9 Å². The van der Waals surface area contributed by atoms with Crippen LogP contribution in [0.25, 0.3) is 0 Å². The summed E-state index contributed by atoms with van der Waals surface area (Å²) in [5.41, 5.74) is 1.15. The first-order valence-corrected chi connectivity index (χ1v) is 7.61. The number of rotatable bonds is 9. The lowest BCUT2D eigenvalue weighted by molar-refractivity contribution is 0.304. The van der Waals surface area contributed by atoms with Crippen molar-refractivity contribution < 1.29 is 9.47 Å². The second-order valence-electron chi connectivity index (χ2n) is 5.18. The predicted molar refractivity (Wildman–Crippen MR) is 84.7 cm³/mol. The molecule has 0 aliphatic carbocycles. The summed E-state index contributed by atoms with van der Waals surface area (Å²) in [5.74, 6) is 2.40. The summed E-state index contributed by atoms with van der Waals surface area (Å²) < 4.78 is 11.1. The molecule has 20 heavy (non-hydrogen) atoms. The number of nitrogens with one attached hydrogen (secondary N) is 1. The molecular weight excluding hydrogens is 250 g/mol. The molecule has 0 saturated carbocycles. The van der Waals surface area contributed by atoms with E-state index in [9.17, 15) is 0 Å². The fourth-order valence-corrected chi connectivity index (χ4v) is 3.02. The quantitative estimate of drug-likeness (QED) is 0.735. The van der Waals surface area contributed by atoms with Crippen molar-refractivity contribution in [3.8, 4) is 11.5 Å². The van der Waals surface area contributed by atoms with E-state index in [1.165, 1.54) is 25.7 Å². The Morgan fingerprint density at radius 3 is 1.85 bits per heavy atom. The van der Waals surface area contributed by atoms with E-state index in [1.54, 1.807) is 14.2 Å². The summed E-state index contributed by atoms with van der Waals surface area (Å²) in [6, 6.07) is 6.26. The second kappa shape index (κ2) is 8.85. The lowest BCUT2D eigenvalue weighted by atomic mass is 9.85. The van der Waals surface area contributed by atoms with Crippen LogP contribution < -0.4 is 14.8 Å². The summed E-state index contributed by atoms with van der Waals surface area (Å²) in [6.45, 7) is 4.49. The van der Waals surface area contributed by atoms with Gasteiger partial charge in [0.2, 0.25) is 0 Å². The summed E-state index contributed by atoms with van der Waals surface area (Å²) in [7, 11) is 5.47. The van der Waals surface area contributed by atoms with Crippen LogP contribution >= 0.6 is 0 Å². The molecule has 0 aromatic heterocycles. The van der Waals surface area contributed by atoms with Gasteiger partial charge in [-0.3, -0.25) is 0 Å². The number of hydrogen-bond acceptors (Lipinski definition) is 3. The molecule has 0 saturated heterocycles. The highest BCUT2D eigenvalue weighted by Gasteiger charge is 2.26. The van der Waals surface area contributed by atoms with Crippen molar-refractivity contribution in [2.24, 2.45) is 5.92 Å². The number of hydrogen-bond donors (Lipinski definition) is 1. The first-order valence-electron chi connectivity index (χ1n) is 7.61. The van der Waals surface area contributed by atoms with Crippen LogP contribution in [0.5, 0.6) is 11.5 Å². The normalized spacial score (nSPS) is 12.5. The fourth-order valence-electron chi connectivity index (χ4n) is 3.02. The van der Waals surface area contributed by atoms with Crippen LogP contribution in [0, 0.1) is 5.92 Å². The zero-order chi connectivity index (χ0) is 15.0. The van der Waals surface area contributed by atoms with E-state index < -0.39 is 0 Å². The van der Waals surface area contributed by atoms with Crippen molar-refractivity contribution in [1.29, 1.82) is 0 Å². The van der Waals surface area contributed by atoms with Crippen LogP contribution in [0.2, 0.25) is 0 Å². The molecule has 114 valence electrons. The van der Waals surface area contributed by atoms with Gasteiger partial charge in [-0.1, -0.05) is 32.8 Å². The maximum Gasteiger partial charge on any atom is 0.127 e. The monoisotopic (exact) mass is 279 g/mol. The minimum absolute atomic E-state index is 0.265. The van der Waals surface area contributed by atoms with Gasteiger partial charge in [0.25, 0.3) is 0 Å². The van der Waals surface area contributed by atoms with Gasteiger partial charge in [-0.15, -0.1) is 0 Å². The zero-order valence-corrected chi connectivity index (χ0v) is 13.5. The highest BCUT2D eigenvalue weighted by atomic mass is 16.5. The standard InChI is InChI=1S/C17H29NO2/c1-6-9-13(10-7-2)17(18-3)16-14(19-4)11-8-12-15(16)20-5/h8,11-13,17-18H,6-7,9-10H2,1-5H3. The van der Waals surface area contributed by atoms with Gasteiger partial charge < -0.3 is 14.8 Å². The number of ether oxygens (including phenoxy) is 2. The third-order valence-corrected chi connectivity index (χ3v) is 3.88. The highest BCUT2D eigenvalue weighted by Crippen LogP contribution is 2.40. The maximum absolute atomic E-state index is 5.56. The van der Waals surface area contributed by atoms with Gasteiger partial charge in [-0.2, -0.15) is 0 Å². The lowest BCUT2D eigenvalue weighted by Gasteiger charge is -2.29. The van der Waals surface area contributed by atoms with E-state index >= 15 is 0 Å². The largest absolute Gasteiger partial charge is 0.496 e. The molecule has 0 fully saturated rings. The maximum atomic E-state index is 5.56. The average molecular weight is 279 g/mol. The fraction of sp³-hybridized carbons (Fsp3) is 0.647. The molecule has 0 radical (unpaired) electrons. The van der Waals surface area contributed by atoms with Crippen molar-refractivity contribution in [1.82, 2.24) is 5.32 Å². The van der Waals surface area contributed by atoms with Gasteiger partial charge in [-0.25, -0.2) is 0 Å². The Morgan fingerprint density at radius 2 is 1.50 bits per heavy atom. The summed E-state index contributed by atoms with van der Waals surface area (Å²) >= 11 is 0. The van der Waals surface area contributed by atoms with Crippen molar-refractivity contribution in [3.63, 3.8) is 0 Å². The lowest BCUT2D eigenvalue weighted by Crippen LogP contribution is -2.26. The van der Waals surface area contributed by atoms with Gasteiger partial charge in [0.15, 0.2) is 0 Å². The molecule has 0 aliphatic rings. The third kappa shape index (κ3) is 3.89. The molecule has 0 aliphatic heterocycles. The molecule has 0 bridgehead atoms. The van der Waals surface area contributed by atoms with Crippen molar-refractivity contribution in [2.45, 2.75) is 45.6 Å². The van der Waals surface area contributed by atoms with Crippen molar-refractivity contribution >= 4 is 0 Å². The minimum Gasteiger partial charge on any atom is -0.496 e. The smallest absolute Gasteiger partial charge is 0.127 e. The first kappa shape index (κ1) is 16.8. The molecule has 1 atom stereocenters. The molecule has 1 aromatic rings. The topological polar surface area (TPSA) is 30.5 Å². The Kier molecular flexibility index (Phi) is 7.45. The Morgan fingerprint density at radius 1 is 1.00 bits per heavy atom. The molecule has 3 heteroatoms. The van der Waals surface area contributed by atoms with E-state index in [4.69, 9.17) is 9.47 Å². The zero-order valence-electron chi connectivity index (χ0n) is 13.5. The van der Waals surface area contributed by atoms with Crippen LogP contribution in [-0.4, -0.2) is 21.3 Å². The molecule has 0 heterocycles. The predicted octanol–water partition coefficient (Wildman–Crippen LogP) is 4.18. The van der Waals surface area contributed by atoms with Crippen LogP contribution in [0.15, 0.2) is 18.2 Å². The molecule has 1 rings (SSSR count). The number of benzene rings is 1. The van der Waals surface area contributed by atoms with Crippen LogP contribution in [0.1, 0.15) is 51.1 Å². The van der Waals surface area contributed by atoms with Gasteiger partial charge in [0.05, 0.1) is 19.8 Å². The van der Waals surface area contributed by atoms with E-state index in [2.05, 4.69) is 19.2 Å². The van der Waals surface area contributed by atoms with E-state index in [0.29, 0.717) is 5.92 Å². The summed E-state index contributed by atoms with van der Waals surface area (Å²) in [6.07, 6.45) is 4.81. The molecule has 3 nitrogen and oxygen atoms in total. The van der Waals surface area contributed by atoms with Crippen molar-refractivity contribution in [2.75, 3.05) is 21.3 Å². The van der Waals surface area contributed by atoms with Gasteiger partial charge in [0, 0.05) is 6.04 Å². The molecule has 1 unspecified atom stereocenters. The molecule has 1 N–H and O–H groups in total. The summed E-state index contributed by atoms with van der Waals surface area (Å²) in [5, 5.41) is 3.48. The van der Waals surface area contributed by atoms with E-state index in [1.807, 2.05) is 25.2 Å². The average Bonchev–Trinajstić information content (AvgIpc) is 2.48. The molecule has 0 spiro atoms. The van der Waals surface area contributed by atoms with E-state index in [-0.39, 0.29) is 6.04 Å². The summed E-state index contributed by atoms with van der Waals surface area (Å²) in [4.78, 5) is 0. The molecule has 1 aromatic carbocycles. The Balaban J connectivity index is 3.20. The second-order valence-corrected chi connectivity index (χ2v) is 5.18. The van der Waals surface area contributed by atoms with Crippen LogP contribution in [-0.2, 0) is 0 Å². The number of methoxy groups -OCH3 is 2. The molecule has 0 amide bonds. The highest BCUT2D eigenvalue weighted by molar-refractivity contribution is 5.47. The van der Waals surface area contributed by atoms with Crippen LogP contribution in [0.3, 0.4) is 0 Å². The van der Waals surface area contributed by atoms with E-state index in [0.717, 1.165) is 17.1 Å². The minimum atomic E-state index is 0.265. The van der Waals surface area contributed by atoms with Gasteiger partial charge in [0.1, 0.15) is 11.5 Å². The Hall–Kier alpha value is -1.22. The van der Waals surface area contributed by atoms with Crippen molar-refractivity contribution in [3.05, 3.63) is 23.8 Å². The first-order chi connectivity index (χ1) is 9.73. The Bertz CT molecular complexity index is 364. The van der Waals surface area contributed by atoms with Gasteiger partial charge >= 0.3 is 0 Å². The Labute approximate surface area is 123 Å². The SMILES string of the molecule is CCCC(CCC)C(NC)c1c(OC)cccc1OC. The van der Waals surface area contributed by atoms with Crippen LogP contribution in [0.4, 0.5) is 0 Å². The third-order valence-electron chi connectivity index (χ3n) is 3.88.